The molecule has 180 valence electrons. The summed E-state index contributed by atoms with van der Waals surface area (Å²) in [6.45, 7) is 9.43. The summed E-state index contributed by atoms with van der Waals surface area (Å²) < 4.78 is 52.8. The van der Waals surface area contributed by atoms with Crippen LogP contribution in [-0.4, -0.2) is 65.9 Å². The molecule has 0 unspecified atom stereocenters. The van der Waals surface area contributed by atoms with Gasteiger partial charge in [-0.15, -0.1) is 0 Å². The van der Waals surface area contributed by atoms with Crippen LogP contribution in [0.1, 0.15) is 19.5 Å². The molecule has 12 heteroatoms. The van der Waals surface area contributed by atoms with Gasteiger partial charge in [0, 0.05) is 18.8 Å². The minimum Gasteiger partial charge on any atom is -0.491 e. The standard InChI is InChI=1S/C22H23FN4O6S/c1-14(2)11-32-19-7-18(25-3)17(23)6-20(19)33-21-10-27(12-22(21,29)13-28)34(30,31)16-5-4-15(8-24)26-9-16/h4-7,9,14,21,28-29H,10-13H2,1-2H3/t21-,22+/m0/s1. The van der Waals surface area contributed by atoms with E-state index >= 15 is 0 Å². The van der Waals surface area contributed by atoms with E-state index in [-0.39, 0.29) is 46.8 Å². The molecule has 1 saturated heterocycles. The molecule has 0 bridgehead atoms. The SMILES string of the molecule is [C-]#[N+]c1cc(OCC(C)C)c(O[C@H]2CN(S(=O)(=O)c3ccc(C#N)nc3)C[C@@]2(O)CO)cc1F. The molecule has 10 nitrogen and oxygen atoms in total. The van der Waals surface area contributed by atoms with Gasteiger partial charge in [0.05, 0.1) is 26.3 Å². The summed E-state index contributed by atoms with van der Waals surface area (Å²) in [5.74, 6) is -0.849. The summed E-state index contributed by atoms with van der Waals surface area (Å²) in [5, 5.41) is 29.6. The van der Waals surface area contributed by atoms with Crippen LogP contribution >= 0.6 is 0 Å². The number of hydrogen-bond donors (Lipinski definition) is 2. The zero-order chi connectivity index (χ0) is 25.1. The number of β-amino-alcohol motifs (C(OH)–C–C–N with tert-alkyl or cyclic N) is 1. The summed E-state index contributed by atoms with van der Waals surface area (Å²) in [6.07, 6.45) is -0.255. The third kappa shape index (κ3) is 5.11. The lowest BCUT2D eigenvalue weighted by molar-refractivity contribution is -0.0647. The van der Waals surface area contributed by atoms with Crippen LogP contribution in [0.5, 0.6) is 11.5 Å². The third-order valence-electron chi connectivity index (χ3n) is 5.16. The molecule has 0 aliphatic carbocycles. The van der Waals surface area contributed by atoms with Crippen LogP contribution in [-0.2, 0) is 10.0 Å². The number of rotatable bonds is 8. The Morgan fingerprint density at radius 3 is 2.71 bits per heavy atom. The molecule has 0 spiro atoms. The molecule has 1 aliphatic heterocycles. The Kier molecular flexibility index (Phi) is 7.38. The summed E-state index contributed by atoms with van der Waals surface area (Å²) in [4.78, 5) is 6.65. The Balaban J connectivity index is 1.92. The number of nitriles is 1. The van der Waals surface area contributed by atoms with E-state index < -0.39 is 40.7 Å². The number of benzene rings is 1. The van der Waals surface area contributed by atoms with Crippen LogP contribution in [0.15, 0.2) is 35.4 Å². The fourth-order valence-corrected chi connectivity index (χ4v) is 4.73. The fraction of sp³-hybridized carbons (Fsp3) is 0.409. The monoisotopic (exact) mass is 490 g/mol. The van der Waals surface area contributed by atoms with Gasteiger partial charge in [0.1, 0.15) is 34.2 Å². The number of pyridine rings is 1. The fourth-order valence-electron chi connectivity index (χ4n) is 3.28. The van der Waals surface area contributed by atoms with Crippen molar-refractivity contribution in [3.8, 4) is 17.6 Å². The normalized spacial score (nSPS) is 20.6. The van der Waals surface area contributed by atoms with E-state index in [9.17, 15) is 23.0 Å². The lowest BCUT2D eigenvalue weighted by atomic mass is 10.0. The minimum atomic E-state index is -4.16. The topological polar surface area (TPSA) is 137 Å². The van der Waals surface area contributed by atoms with Crippen LogP contribution in [0, 0.1) is 29.6 Å². The molecule has 2 N–H and O–H groups in total. The van der Waals surface area contributed by atoms with Crippen molar-refractivity contribution in [3.05, 3.63) is 53.4 Å². The van der Waals surface area contributed by atoms with Crippen LogP contribution in [0.2, 0.25) is 0 Å². The lowest BCUT2D eigenvalue weighted by Crippen LogP contribution is -2.48. The van der Waals surface area contributed by atoms with Gasteiger partial charge in [0.25, 0.3) is 0 Å². The molecule has 1 aliphatic rings. The Hall–Kier alpha value is -3.29. The maximum atomic E-state index is 14.3. The van der Waals surface area contributed by atoms with Gasteiger partial charge in [0.15, 0.2) is 11.5 Å². The van der Waals surface area contributed by atoms with Gasteiger partial charge in [-0.2, -0.15) is 9.57 Å². The first-order valence-electron chi connectivity index (χ1n) is 10.2. The number of aliphatic hydroxyl groups excluding tert-OH is 1. The van der Waals surface area contributed by atoms with Gasteiger partial charge in [-0.05, 0) is 24.1 Å². The van der Waals surface area contributed by atoms with Gasteiger partial charge < -0.3 is 19.7 Å². The highest BCUT2D eigenvalue weighted by molar-refractivity contribution is 7.89. The van der Waals surface area contributed by atoms with Crippen LogP contribution in [0.4, 0.5) is 10.1 Å². The highest BCUT2D eigenvalue weighted by atomic mass is 32.2. The Morgan fingerprint density at radius 1 is 1.41 bits per heavy atom. The van der Waals surface area contributed by atoms with E-state index in [0.29, 0.717) is 0 Å². The van der Waals surface area contributed by atoms with Crippen LogP contribution in [0.25, 0.3) is 4.85 Å². The van der Waals surface area contributed by atoms with Gasteiger partial charge in [-0.25, -0.2) is 22.6 Å². The minimum absolute atomic E-state index is 0.0345. The molecule has 0 radical (unpaired) electrons. The Bertz CT molecular complexity index is 1240. The quantitative estimate of drug-likeness (QED) is 0.535. The van der Waals surface area contributed by atoms with Crippen molar-refractivity contribution in [3.63, 3.8) is 0 Å². The Labute approximate surface area is 196 Å². The number of aromatic nitrogens is 1. The number of halogens is 1. The zero-order valence-corrected chi connectivity index (χ0v) is 19.3. The second-order valence-electron chi connectivity index (χ2n) is 8.22. The van der Waals surface area contributed by atoms with E-state index in [0.717, 1.165) is 16.6 Å². The molecular weight excluding hydrogens is 467 g/mol. The van der Waals surface area contributed by atoms with E-state index in [1.54, 1.807) is 6.07 Å². The van der Waals surface area contributed by atoms with Crippen LogP contribution < -0.4 is 9.47 Å². The van der Waals surface area contributed by atoms with Gasteiger partial charge in [0.2, 0.25) is 15.7 Å². The van der Waals surface area contributed by atoms with Crippen molar-refractivity contribution >= 4 is 15.7 Å². The molecule has 0 amide bonds. The van der Waals surface area contributed by atoms with Gasteiger partial charge in [-0.1, -0.05) is 13.8 Å². The number of sulfonamides is 1. The van der Waals surface area contributed by atoms with Crippen molar-refractivity contribution in [2.24, 2.45) is 5.92 Å². The van der Waals surface area contributed by atoms with E-state index in [2.05, 4.69) is 9.83 Å². The average molecular weight is 491 g/mol. The largest absolute Gasteiger partial charge is 0.491 e. The first-order chi connectivity index (χ1) is 16.0. The maximum absolute atomic E-state index is 14.3. The van der Waals surface area contributed by atoms with E-state index in [1.165, 1.54) is 18.2 Å². The number of nitrogens with zero attached hydrogens (tertiary/aromatic N) is 4. The first kappa shape index (κ1) is 25.3. The highest BCUT2D eigenvalue weighted by Gasteiger charge is 2.51. The molecule has 34 heavy (non-hydrogen) atoms. The van der Waals surface area contributed by atoms with Crippen molar-refractivity contribution in [2.45, 2.75) is 30.4 Å². The summed E-state index contributed by atoms with van der Waals surface area (Å²) in [6, 6.07) is 6.35. The molecular formula is C22H23FN4O6S. The molecule has 3 rings (SSSR count). The third-order valence-corrected chi connectivity index (χ3v) is 6.95. The van der Waals surface area contributed by atoms with Crippen molar-refractivity contribution in [1.82, 2.24) is 9.29 Å². The molecule has 2 heterocycles. The average Bonchev–Trinajstić information content (AvgIpc) is 3.16. The predicted molar refractivity (Wildman–Crippen MR) is 117 cm³/mol. The molecule has 2 aromatic rings. The summed E-state index contributed by atoms with van der Waals surface area (Å²) in [7, 11) is -4.16. The predicted octanol–water partition coefficient (Wildman–Crippen LogP) is 1.85. The first-order valence-corrected chi connectivity index (χ1v) is 11.7. The molecule has 0 saturated carbocycles. The molecule has 1 fully saturated rings. The van der Waals surface area contributed by atoms with Gasteiger partial charge in [-0.3, -0.25) is 0 Å². The Morgan fingerprint density at radius 2 is 2.15 bits per heavy atom. The second kappa shape index (κ2) is 9.91. The maximum Gasteiger partial charge on any atom is 0.244 e. The number of aliphatic hydroxyl groups is 2. The highest BCUT2D eigenvalue weighted by Crippen LogP contribution is 2.38. The van der Waals surface area contributed by atoms with Crippen molar-refractivity contribution in [2.75, 3.05) is 26.3 Å². The van der Waals surface area contributed by atoms with Crippen molar-refractivity contribution < 1.29 is 32.5 Å². The summed E-state index contributed by atoms with van der Waals surface area (Å²) >= 11 is 0. The molecule has 2 atom stereocenters. The number of hydrogen-bond acceptors (Lipinski definition) is 8. The van der Waals surface area contributed by atoms with Crippen molar-refractivity contribution in [1.29, 1.82) is 5.26 Å². The molecule has 1 aromatic heterocycles. The van der Waals surface area contributed by atoms with Crippen LogP contribution in [0.3, 0.4) is 0 Å². The van der Waals surface area contributed by atoms with E-state index in [4.69, 9.17) is 21.3 Å². The lowest BCUT2D eigenvalue weighted by Gasteiger charge is -2.28. The van der Waals surface area contributed by atoms with E-state index in [1.807, 2.05) is 13.8 Å². The zero-order valence-electron chi connectivity index (χ0n) is 18.5. The van der Waals surface area contributed by atoms with Gasteiger partial charge >= 0.3 is 0 Å². The number of ether oxygens (including phenoxy) is 2. The smallest absolute Gasteiger partial charge is 0.244 e. The second-order valence-corrected chi connectivity index (χ2v) is 10.2. The molecule has 1 aromatic carbocycles. The summed E-state index contributed by atoms with van der Waals surface area (Å²) in [5.41, 5.74) is -2.25.